The Labute approximate surface area is 506 Å². The Balaban J connectivity index is 0.893. The molecule has 0 amide bonds. The number of hydrogen-bond donors (Lipinski definition) is 0. The second kappa shape index (κ2) is 20.6. The lowest BCUT2D eigenvalue weighted by atomic mass is 9.66. The summed E-state index contributed by atoms with van der Waals surface area (Å²) in [5.74, 6) is -0.634. The lowest BCUT2D eigenvalue weighted by molar-refractivity contribution is 0.627. The smallest absolute Gasteiger partial charge is 0.137 e. The molecule has 2 unspecified atom stereocenters. The fourth-order valence-electron chi connectivity index (χ4n) is 14.5. The molecule has 1 aromatic heterocycles. The van der Waals surface area contributed by atoms with Crippen molar-refractivity contribution in [1.82, 2.24) is 0 Å². The molecule has 0 radical (unpaired) electrons. The zero-order chi connectivity index (χ0) is 59.3. The first-order chi connectivity index (χ1) is 42.5. The van der Waals surface area contributed by atoms with E-state index in [0.717, 1.165) is 89.4 Å². The van der Waals surface area contributed by atoms with Gasteiger partial charge in [0.25, 0.3) is 0 Å². The minimum absolute atomic E-state index is 0.317. The highest BCUT2D eigenvalue weighted by Gasteiger charge is 2.49. The Hall–Kier alpha value is -10.6. The van der Waals surface area contributed by atoms with Crippen molar-refractivity contribution in [2.45, 2.75) is 38.5 Å². The van der Waals surface area contributed by atoms with Crippen molar-refractivity contribution in [1.29, 1.82) is 0 Å². The lowest BCUT2D eigenvalue weighted by Crippen LogP contribution is -2.30. The van der Waals surface area contributed by atoms with Crippen LogP contribution < -0.4 is 9.80 Å². The second-order valence-electron chi connectivity index (χ2n) is 23.4. The molecule has 1 heterocycles. The summed E-state index contributed by atoms with van der Waals surface area (Å²) in [4.78, 5) is 4.40. The number of hydrogen-bond acceptors (Lipinski definition) is 3. The van der Waals surface area contributed by atoms with Gasteiger partial charge in [0.1, 0.15) is 22.8 Å². The van der Waals surface area contributed by atoms with Gasteiger partial charge in [-0.25, -0.2) is 8.78 Å². The van der Waals surface area contributed by atoms with E-state index in [9.17, 15) is 0 Å². The van der Waals surface area contributed by atoms with E-state index in [1.54, 1.807) is 0 Å². The lowest BCUT2D eigenvalue weighted by Gasteiger charge is -2.36. The number of fused-ring (bicyclic) bond motifs is 9. The Kier molecular flexibility index (Phi) is 12.6. The predicted molar refractivity (Wildman–Crippen MR) is 357 cm³/mol. The summed E-state index contributed by atoms with van der Waals surface area (Å²) in [5, 5.41) is 1.90. The van der Waals surface area contributed by atoms with E-state index in [1.807, 2.05) is 36.4 Å². The predicted octanol–water partition coefficient (Wildman–Crippen LogP) is 22.0. The van der Waals surface area contributed by atoms with E-state index in [4.69, 9.17) is 4.42 Å². The van der Waals surface area contributed by atoms with Crippen LogP contribution in [0.4, 0.5) is 42.9 Å². The Morgan fingerprint density at radius 2 is 0.690 bits per heavy atom. The number of benzene rings is 12. The van der Waals surface area contributed by atoms with Gasteiger partial charge >= 0.3 is 0 Å². The molecule has 2 aliphatic rings. The number of halogens is 2. The summed E-state index contributed by atoms with van der Waals surface area (Å²) in [6.45, 7) is 16.9. The van der Waals surface area contributed by atoms with E-state index >= 15 is 8.78 Å². The van der Waals surface area contributed by atoms with Crippen LogP contribution in [0.3, 0.4) is 0 Å². The van der Waals surface area contributed by atoms with Crippen LogP contribution in [0.5, 0.6) is 0 Å². The van der Waals surface area contributed by atoms with Gasteiger partial charge in [-0.05, 0) is 214 Å². The van der Waals surface area contributed by atoms with Gasteiger partial charge in [0.2, 0.25) is 0 Å². The average Bonchev–Trinajstić information content (AvgIpc) is 1.58. The molecule has 2 aliphatic carbocycles. The minimum Gasteiger partial charge on any atom is -0.456 e. The van der Waals surface area contributed by atoms with Crippen molar-refractivity contribution in [3.63, 3.8) is 0 Å². The molecule has 5 heteroatoms. The Morgan fingerprint density at radius 1 is 0.333 bits per heavy atom. The van der Waals surface area contributed by atoms with Crippen LogP contribution in [0, 0.1) is 39.3 Å². The minimum atomic E-state index is -0.680. The highest BCUT2D eigenvalue weighted by Crippen LogP contribution is 2.60. The zero-order valence-electron chi connectivity index (χ0n) is 48.9. The number of rotatable bonds is 12. The first kappa shape index (κ1) is 53.1. The van der Waals surface area contributed by atoms with E-state index in [1.165, 1.54) is 79.9 Å². The maximum Gasteiger partial charge on any atom is 0.137 e. The van der Waals surface area contributed by atoms with Gasteiger partial charge in [-0.15, -0.1) is 0 Å². The molecule has 0 saturated carbocycles. The molecule has 13 aromatic rings. The molecule has 0 saturated heterocycles. The number of furan rings is 1. The summed E-state index contributed by atoms with van der Waals surface area (Å²) < 4.78 is 37.1. The third-order valence-electron chi connectivity index (χ3n) is 18.5. The molecule has 0 fully saturated rings. The highest BCUT2D eigenvalue weighted by molar-refractivity contribution is 6.07. The molecular weight excluding hydrogens is 1070 g/mol. The van der Waals surface area contributed by atoms with Gasteiger partial charge in [0.05, 0.1) is 10.8 Å². The van der Waals surface area contributed by atoms with Crippen LogP contribution in [0.25, 0.3) is 56.3 Å². The summed E-state index contributed by atoms with van der Waals surface area (Å²) in [6, 6.07) is 88.4. The van der Waals surface area contributed by atoms with Crippen molar-refractivity contribution in [2.24, 2.45) is 0 Å². The molecule has 15 rings (SSSR count). The third kappa shape index (κ3) is 8.28. The van der Waals surface area contributed by atoms with E-state index in [0.29, 0.717) is 11.2 Å². The van der Waals surface area contributed by atoms with Crippen molar-refractivity contribution in [2.75, 3.05) is 9.80 Å². The molecule has 3 nitrogen and oxygen atoms in total. The van der Waals surface area contributed by atoms with Crippen LogP contribution in [0.1, 0.15) is 77.9 Å². The first-order valence-corrected chi connectivity index (χ1v) is 29.6. The summed E-state index contributed by atoms with van der Waals surface area (Å²) >= 11 is 0. The Bertz CT molecular complexity index is 4610. The molecule has 0 aliphatic heterocycles. The normalized spacial score (nSPS) is 15.4. The fraction of sp³-hybridized carbons (Fsp3) is 0.0732. The third-order valence-corrected chi connectivity index (χ3v) is 18.5. The maximum absolute atomic E-state index is 15.0. The van der Waals surface area contributed by atoms with Crippen LogP contribution in [-0.2, 0) is 10.8 Å². The van der Waals surface area contributed by atoms with Crippen molar-refractivity contribution >= 4 is 68.2 Å². The fourth-order valence-corrected chi connectivity index (χ4v) is 14.5. The van der Waals surface area contributed by atoms with E-state index in [-0.39, 0.29) is 11.6 Å². The molecule has 2 atom stereocenters. The highest BCUT2D eigenvalue weighted by atomic mass is 19.1. The molecule has 0 bridgehead atoms. The van der Waals surface area contributed by atoms with Crippen LogP contribution in [0.15, 0.2) is 272 Å². The van der Waals surface area contributed by atoms with Crippen LogP contribution in [-0.4, -0.2) is 0 Å². The SMILES string of the molecule is C=Cc1ccc(C2(c3cc(C)ccc3C)c3ccccc3-c3ccc(N(c4ccc(F)cc4)c4ccc5c(c4)oc4cc(N(c6ccc(F)cc6)c6ccc7c(c6)C(c6ccc(C=C)cc6)(c6cc(C)ccc6C)c6ccccc6-7)ccc45)cc32)cc1. The average molecular weight is 1130 g/mol. The number of anilines is 6. The Morgan fingerprint density at radius 3 is 1.09 bits per heavy atom. The summed E-state index contributed by atoms with van der Waals surface area (Å²) in [6.07, 6.45) is 3.78. The van der Waals surface area contributed by atoms with Gasteiger partial charge in [0, 0.05) is 57.0 Å². The molecule has 0 N–H and O–H groups in total. The largest absolute Gasteiger partial charge is 0.456 e. The number of nitrogens with zero attached hydrogens (tertiary/aromatic N) is 2. The standard InChI is InChI=1S/C82H60F2N2O/c1-7-55-21-25-57(26-22-55)81(75-45-51(3)17-19-53(75)5)73-15-11-9-13-67(73)69-41-37-63(47-77(69)81)85(61-33-29-59(83)30-34-61)65-39-43-71-72-44-40-66(50-80(72)87-79(71)49-65)86(62-35-31-60(84)32-36-62)64-38-42-70-68-14-10-12-16-74(68)82(78(70)48-64,58-27-23-56(8-2)24-28-58)76-46-52(4)18-20-54(76)6/h7-50H,1-2H2,3-6H3. The molecule has 12 aromatic carbocycles. The van der Waals surface area contributed by atoms with Gasteiger partial charge in [-0.2, -0.15) is 0 Å². The topological polar surface area (TPSA) is 19.6 Å². The summed E-state index contributed by atoms with van der Waals surface area (Å²) in [5.41, 5.74) is 26.1. The van der Waals surface area contributed by atoms with E-state index < -0.39 is 10.8 Å². The van der Waals surface area contributed by atoms with Crippen LogP contribution in [0.2, 0.25) is 0 Å². The maximum atomic E-state index is 15.0. The van der Waals surface area contributed by atoms with Gasteiger partial charge in [0.15, 0.2) is 0 Å². The summed E-state index contributed by atoms with van der Waals surface area (Å²) in [7, 11) is 0. The van der Waals surface area contributed by atoms with E-state index in [2.05, 4.69) is 257 Å². The molecule has 418 valence electrons. The molecule has 0 spiro atoms. The zero-order valence-corrected chi connectivity index (χ0v) is 48.9. The molecule has 87 heavy (non-hydrogen) atoms. The second-order valence-corrected chi connectivity index (χ2v) is 23.4. The monoisotopic (exact) mass is 1130 g/mol. The van der Waals surface area contributed by atoms with Gasteiger partial charge < -0.3 is 14.2 Å². The van der Waals surface area contributed by atoms with Crippen LogP contribution >= 0.6 is 0 Å². The van der Waals surface area contributed by atoms with Crippen molar-refractivity contribution in [3.8, 4) is 22.3 Å². The van der Waals surface area contributed by atoms with Crippen molar-refractivity contribution in [3.05, 3.63) is 357 Å². The number of aryl methyl sites for hydroxylation is 4. The quantitative estimate of drug-likeness (QED) is 0.122. The van der Waals surface area contributed by atoms with Gasteiger partial charge in [-0.3, -0.25) is 0 Å². The first-order valence-electron chi connectivity index (χ1n) is 29.6. The van der Waals surface area contributed by atoms with Crippen molar-refractivity contribution < 1.29 is 13.2 Å². The molecular formula is C82H60F2N2O. The van der Waals surface area contributed by atoms with Gasteiger partial charge in [-0.1, -0.05) is 182 Å².